The molecule has 1 atom stereocenters. The average Bonchev–Trinajstić information content (AvgIpc) is 3.36. The SMILES string of the molecule is COc1ccc(/C(O)=C2\C(=O)C(=O)N(Cc3ccco3)C2c2cccc(Br)c2)cc1. The first kappa shape index (κ1) is 20.0. The van der Waals surface area contributed by atoms with E-state index in [2.05, 4.69) is 15.9 Å². The number of carbonyl (C=O) groups is 2. The smallest absolute Gasteiger partial charge is 0.296 e. The Morgan fingerprint density at radius 2 is 1.90 bits per heavy atom. The minimum Gasteiger partial charge on any atom is -0.507 e. The van der Waals surface area contributed by atoms with E-state index >= 15 is 0 Å². The predicted octanol–water partition coefficient (Wildman–Crippen LogP) is 4.67. The van der Waals surface area contributed by atoms with Crippen molar-refractivity contribution in [3.05, 3.63) is 93.9 Å². The number of aliphatic hydroxyl groups excluding tert-OH is 1. The molecule has 7 heteroatoms. The maximum absolute atomic E-state index is 13.0. The van der Waals surface area contributed by atoms with Gasteiger partial charge in [0.1, 0.15) is 17.3 Å². The van der Waals surface area contributed by atoms with Crippen molar-refractivity contribution in [1.82, 2.24) is 4.90 Å². The highest BCUT2D eigenvalue weighted by Crippen LogP contribution is 2.41. The Kier molecular flexibility index (Phi) is 5.46. The third kappa shape index (κ3) is 3.64. The Morgan fingerprint density at radius 1 is 1.13 bits per heavy atom. The van der Waals surface area contributed by atoms with Crippen molar-refractivity contribution in [1.29, 1.82) is 0 Å². The molecule has 1 saturated heterocycles. The first-order chi connectivity index (χ1) is 14.5. The standard InChI is InChI=1S/C23H18BrNO5/c1-29-17-9-7-14(8-10-17)21(26)19-20(15-4-2-5-16(24)12-15)25(23(28)22(19)27)13-18-6-3-11-30-18/h2-12,20,26H,13H2,1H3/b21-19+. The summed E-state index contributed by atoms with van der Waals surface area (Å²) in [5, 5.41) is 11.0. The molecule has 2 aromatic carbocycles. The summed E-state index contributed by atoms with van der Waals surface area (Å²) in [6.45, 7) is 0.105. The Labute approximate surface area is 181 Å². The molecular weight excluding hydrogens is 450 g/mol. The van der Waals surface area contributed by atoms with Gasteiger partial charge in [0.15, 0.2) is 0 Å². The van der Waals surface area contributed by atoms with Gasteiger partial charge in [-0.2, -0.15) is 0 Å². The Bertz CT molecular complexity index is 1120. The van der Waals surface area contributed by atoms with Gasteiger partial charge in [0.05, 0.1) is 31.5 Å². The normalized spacial score (nSPS) is 18.1. The number of ketones is 1. The number of methoxy groups -OCH3 is 1. The van der Waals surface area contributed by atoms with Crippen LogP contribution in [0.3, 0.4) is 0 Å². The van der Waals surface area contributed by atoms with Gasteiger partial charge < -0.3 is 19.2 Å². The van der Waals surface area contributed by atoms with Crippen LogP contribution in [0.15, 0.2) is 81.4 Å². The van der Waals surface area contributed by atoms with Crippen molar-refractivity contribution >= 4 is 33.4 Å². The van der Waals surface area contributed by atoms with Crippen molar-refractivity contribution in [2.75, 3.05) is 7.11 Å². The number of nitrogens with zero attached hydrogens (tertiary/aromatic N) is 1. The number of aliphatic hydroxyl groups is 1. The number of rotatable bonds is 5. The van der Waals surface area contributed by atoms with Crippen LogP contribution in [0.2, 0.25) is 0 Å². The van der Waals surface area contributed by atoms with Crippen LogP contribution in [0.1, 0.15) is 22.9 Å². The Balaban J connectivity index is 1.85. The second kappa shape index (κ2) is 8.20. The average molecular weight is 468 g/mol. The molecule has 0 saturated carbocycles. The lowest BCUT2D eigenvalue weighted by molar-refractivity contribution is -0.140. The monoisotopic (exact) mass is 467 g/mol. The molecule has 1 aliphatic heterocycles. The molecule has 1 amide bonds. The number of halogens is 1. The fourth-order valence-corrected chi connectivity index (χ4v) is 3.96. The molecule has 152 valence electrons. The van der Waals surface area contributed by atoms with Crippen LogP contribution >= 0.6 is 15.9 Å². The molecule has 0 spiro atoms. The number of hydrogen-bond donors (Lipinski definition) is 1. The number of likely N-dealkylation sites (tertiary alicyclic amines) is 1. The highest BCUT2D eigenvalue weighted by Gasteiger charge is 2.46. The number of amides is 1. The summed E-state index contributed by atoms with van der Waals surface area (Å²) < 4.78 is 11.3. The van der Waals surface area contributed by atoms with E-state index in [-0.39, 0.29) is 17.9 Å². The van der Waals surface area contributed by atoms with Gasteiger partial charge in [-0.25, -0.2) is 0 Å². The van der Waals surface area contributed by atoms with E-state index in [0.29, 0.717) is 22.6 Å². The number of carbonyl (C=O) groups excluding carboxylic acids is 2. The van der Waals surface area contributed by atoms with E-state index < -0.39 is 17.7 Å². The summed E-state index contributed by atoms with van der Waals surface area (Å²) >= 11 is 3.44. The molecule has 1 N–H and O–H groups in total. The minimum absolute atomic E-state index is 0.0369. The molecule has 2 heterocycles. The lowest BCUT2D eigenvalue weighted by Gasteiger charge is -2.24. The number of hydrogen-bond acceptors (Lipinski definition) is 5. The van der Waals surface area contributed by atoms with E-state index in [9.17, 15) is 14.7 Å². The van der Waals surface area contributed by atoms with Crippen LogP contribution in [0, 0.1) is 0 Å². The van der Waals surface area contributed by atoms with Gasteiger partial charge in [0.2, 0.25) is 0 Å². The van der Waals surface area contributed by atoms with Crippen molar-refractivity contribution in [3.63, 3.8) is 0 Å². The molecule has 4 rings (SSSR count). The molecule has 1 fully saturated rings. The molecule has 30 heavy (non-hydrogen) atoms. The highest BCUT2D eigenvalue weighted by atomic mass is 79.9. The fraction of sp³-hybridized carbons (Fsp3) is 0.130. The van der Waals surface area contributed by atoms with Gasteiger partial charge in [0, 0.05) is 10.0 Å². The zero-order chi connectivity index (χ0) is 21.3. The lowest BCUT2D eigenvalue weighted by atomic mass is 9.95. The first-order valence-electron chi connectivity index (χ1n) is 9.20. The third-order valence-corrected chi connectivity index (χ3v) is 5.47. The van der Waals surface area contributed by atoms with Crippen molar-refractivity contribution in [2.45, 2.75) is 12.6 Å². The summed E-state index contributed by atoms with van der Waals surface area (Å²) in [4.78, 5) is 27.3. The molecule has 0 aliphatic carbocycles. The molecule has 1 aromatic heterocycles. The van der Waals surface area contributed by atoms with E-state index in [4.69, 9.17) is 9.15 Å². The van der Waals surface area contributed by atoms with E-state index in [1.54, 1.807) is 43.5 Å². The first-order valence-corrected chi connectivity index (χ1v) is 9.99. The largest absolute Gasteiger partial charge is 0.507 e. The molecule has 0 radical (unpaired) electrons. The van der Waals surface area contributed by atoms with E-state index in [1.165, 1.54) is 11.2 Å². The summed E-state index contributed by atoms with van der Waals surface area (Å²) in [5.41, 5.74) is 1.16. The third-order valence-electron chi connectivity index (χ3n) is 4.97. The van der Waals surface area contributed by atoms with Crippen molar-refractivity contribution < 1.29 is 23.8 Å². The number of ether oxygens (including phenoxy) is 1. The van der Waals surface area contributed by atoms with Crippen LogP contribution in [0.4, 0.5) is 0 Å². The summed E-state index contributed by atoms with van der Waals surface area (Å²) in [6.07, 6.45) is 1.51. The molecule has 6 nitrogen and oxygen atoms in total. The van der Waals surface area contributed by atoms with Gasteiger partial charge in [0.25, 0.3) is 11.7 Å². The van der Waals surface area contributed by atoms with E-state index in [1.807, 2.05) is 24.3 Å². The van der Waals surface area contributed by atoms with Gasteiger partial charge >= 0.3 is 0 Å². The van der Waals surface area contributed by atoms with Crippen LogP contribution in [0.25, 0.3) is 5.76 Å². The number of furan rings is 1. The van der Waals surface area contributed by atoms with Crippen molar-refractivity contribution in [3.8, 4) is 5.75 Å². The Morgan fingerprint density at radius 3 is 2.53 bits per heavy atom. The zero-order valence-corrected chi connectivity index (χ0v) is 17.6. The summed E-state index contributed by atoms with van der Waals surface area (Å²) in [5.74, 6) is -0.496. The number of Topliss-reactive ketones (excluding diaryl/α,β-unsaturated/α-hetero) is 1. The highest BCUT2D eigenvalue weighted by molar-refractivity contribution is 9.10. The second-order valence-electron chi connectivity index (χ2n) is 6.79. The predicted molar refractivity (Wildman–Crippen MR) is 114 cm³/mol. The van der Waals surface area contributed by atoms with Gasteiger partial charge in [-0.05, 0) is 54.1 Å². The topological polar surface area (TPSA) is 80.0 Å². The molecule has 1 unspecified atom stereocenters. The second-order valence-corrected chi connectivity index (χ2v) is 7.71. The maximum Gasteiger partial charge on any atom is 0.296 e. The quantitative estimate of drug-likeness (QED) is 0.335. The molecular formula is C23H18BrNO5. The van der Waals surface area contributed by atoms with Crippen LogP contribution < -0.4 is 4.74 Å². The maximum atomic E-state index is 13.0. The van der Waals surface area contributed by atoms with Crippen LogP contribution in [-0.4, -0.2) is 28.8 Å². The van der Waals surface area contributed by atoms with Crippen molar-refractivity contribution in [2.24, 2.45) is 0 Å². The van der Waals surface area contributed by atoms with E-state index in [0.717, 1.165) is 4.47 Å². The minimum atomic E-state index is -0.755. The molecule has 0 bridgehead atoms. The van der Waals surface area contributed by atoms with Crippen LogP contribution in [0.5, 0.6) is 5.75 Å². The Hall–Kier alpha value is -3.32. The van der Waals surface area contributed by atoms with Gasteiger partial charge in [-0.1, -0.05) is 28.1 Å². The number of benzene rings is 2. The molecule has 3 aromatic rings. The molecule has 1 aliphatic rings. The van der Waals surface area contributed by atoms with Gasteiger partial charge in [-0.3, -0.25) is 9.59 Å². The fourth-order valence-electron chi connectivity index (χ4n) is 3.54. The lowest BCUT2D eigenvalue weighted by Crippen LogP contribution is -2.29. The summed E-state index contributed by atoms with van der Waals surface area (Å²) in [7, 11) is 1.54. The van der Waals surface area contributed by atoms with Gasteiger partial charge in [-0.15, -0.1) is 0 Å². The van der Waals surface area contributed by atoms with Crippen LogP contribution in [-0.2, 0) is 16.1 Å². The summed E-state index contributed by atoms with van der Waals surface area (Å²) in [6, 6.07) is 16.7. The zero-order valence-electron chi connectivity index (χ0n) is 16.0.